The van der Waals surface area contributed by atoms with Crippen LogP contribution in [0, 0.1) is 0 Å². The molecule has 26 heavy (non-hydrogen) atoms. The van der Waals surface area contributed by atoms with Gasteiger partial charge in [0.05, 0.1) is 34.3 Å². The summed E-state index contributed by atoms with van der Waals surface area (Å²) in [5.74, 6) is -0.157. The molecule has 7 nitrogen and oxygen atoms in total. The van der Waals surface area contributed by atoms with Crippen molar-refractivity contribution in [1.82, 2.24) is 25.0 Å². The number of ether oxygens (including phenoxy) is 2. The highest BCUT2D eigenvalue weighted by Gasteiger charge is 2.15. The van der Waals surface area contributed by atoms with Crippen LogP contribution in [0.15, 0.2) is 36.8 Å². The maximum absolute atomic E-state index is 12.4. The molecule has 0 saturated heterocycles. The third-order valence-corrected chi connectivity index (χ3v) is 3.71. The van der Waals surface area contributed by atoms with Gasteiger partial charge in [0.2, 0.25) is 0 Å². The fourth-order valence-corrected chi connectivity index (χ4v) is 2.25. The fourth-order valence-electron chi connectivity index (χ4n) is 1.99. The van der Waals surface area contributed by atoms with Crippen molar-refractivity contribution in [2.75, 3.05) is 0 Å². The Morgan fingerprint density at radius 1 is 1.12 bits per heavy atom. The molecule has 136 valence electrons. The molecule has 0 bridgehead atoms. The summed E-state index contributed by atoms with van der Waals surface area (Å²) in [5.41, 5.74) is 0.925. The molecule has 1 atom stereocenters. The molecule has 1 aromatic carbocycles. The Morgan fingerprint density at radius 3 is 2.54 bits per heavy atom. The van der Waals surface area contributed by atoms with E-state index in [2.05, 4.69) is 25.0 Å². The van der Waals surface area contributed by atoms with E-state index in [9.17, 15) is 8.78 Å². The quantitative estimate of drug-likeness (QED) is 0.618. The molecular formula is C15H11Cl2F2N5O2. The van der Waals surface area contributed by atoms with Crippen molar-refractivity contribution >= 4 is 23.2 Å². The zero-order chi connectivity index (χ0) is 18.7. The van der Waals surface area contributed by atoms with Gasteiger partial charge in [0, 0.05) is 6.07 Å². The minimum Gasteiger partial charge on any atom is -0.454 e. The van der Waals surface area contributed by atoms with Crippen LogP contribution in [-0.2, 0) is 0 Å². The summed E-state index contributed by atoms with van der Waals surface area (Å²) in [4.78, 5) is 7.87. The van der Waals surface area contributed by atoms with E-state index >= 15 is 0 Å². The largest absolute Gasteiger partial charge is 0.454 e. The van der Waals surface area contributed by atoms with Crippen molar-refractivity contribution in [3.05, 3.63) is 52.5 Å². The van der Waals surface area contributed by atoms with Gasteiger partial charge in [-0.1, -0.05) is 28.4 Å². The smallest absolute Gasteiger partial charge is 0.387 e. The molecule has 0 radical (unpaired) electrons. The maximum Gasteiger partial charge on any atom is 0.387 e. The van der Waals surface area contributed by atoms with Crippen LogP contribution in [0.3, 0.4) is 0 Å². The molecule has 3 aromatic rings. The lowest BCUT2D eigenvalue weighted by Gasteiger charge is -2.10. The van der Waals surface area contributed by atoms with Gasteiger partial charge < -0.3 is 9.47 Å². The van der Waals surface area contributed by atoms with Crippen LogP contribution in [0.4, 0.5) is 8.78 Å². The first-order chi connectivity index (χ1) is 12.4. The van der Waals surface area contributed by atoms with Gasteiger partial charge in [0.1, 0.15) is 17.5 Å². The molecule has 2 aromatic heterocycles. The molecule has 3 rings (SSSR count). The lowest BCUT2D eigenvalue weighted by Crippen LogP contribution is -2.06. The third-order valence-electron chi connectivity index (χ3n) is 3.20. The Morgan fingerprint density at radius 2 is 1.85 bits per heavy atom. The van der Waals surface area contributed by atoms with Gasteiger partial charge >= 0.3 is 12.6 Å². The molecule has 0 fully saturated rings. The van der Waals surface area contributed by atoms with Gasteiger partial charge in [-0.25, -0.2) is 14.6 Å². The number of hydrogen-bond donors (Lipinski definition) is 0. The highest BCUT2D eigenvalue weighted by Crippen LogP contribution is 2.28. The Bertz CT molecular complexity index is 892. The molecule has 2 heterocycles. The van der Waals surface area contributed by atoms with Crippen LogP contribution in [0.5, 0.6) is 11.8 Å². The summed E-state index contributed by atoms with van der Waals surface area (Å²) >= 11 is 11.6. The number of benzene rings is 1. The molecular weight excluding hydrogens is 391 g/mol. The summed E-state index contributed by atoms with van der Waals surface area (Å²) in [7, 11) is 0. The molecule has 0 aliphatic heterocycles. The van der Waals surface area contributed by atoms with Crippen molar-refractivity contribution < 1.29 is 18.3 Å². The van der Waals surface area contributed by atoms with Gasteiger partial charge in [-0.05, 0) is 19.1 Å². The second kappa shape index (κ2) is 7.79. The first kappa shape index (κ1) is 18.3. The van der Waals surface area contributed by atoms with E-state index in [0.717, 1.165) is 0 Å². The fraction of sp³-hybridized carbons (Fsp3) is 0.200. The number of aromatic nitrogens is 5. The molecule has 0 spiro atoms. The Kier molecular flexibility index (Phi) is 5.48. The SMILES string of the molecule is CC(Oc1ncc(Cl)cn1)c1cn(-c2ccc(Cl)c(OC(F)F)c2)nn1. The maximum atomic E-state index is 12.4. The van der Waals surface area contributed by atoms with E-state index in [1.165, 1.54) is 29.2 Å². The summed E-state index contributed by atoms with van der Waals surface area (Å²) in [6.45, 7) is -1.25. The van der Waals surface area contributed by atoms with E-state index < -0.39 is 12.7 Å². The highest BCUT2D eigenvalue weighted by atomic mass is 35.5. The standard InChI is InChI=1S/C15H11Cl2F2N5O2/c1-8(25-15-20-5-9(16)6-21-15)12-7-24(23-22-12)10-2-3-11(17)13(4-10)26-14(18)19/h2-8,14H,1H3. The van der Waals surface area contributed by atoms with E-state index in [1.54, 1.807) is 19.2 Å². The van der Waals surface area contributed by atoms with Crippen molar-refractivity contribution in [1.29, 1.82) is 0 Å². The normalized spacial score (nSPS) is 12.2. The topological polar surface area (TPSA) is 75.0 Å². The predicted molar refractivity (Wildman–Crippen MR) is 89.1 cm³/mol. The summed E-state index contributed by atoms with van der Waals surface area (Å²) < 4.78 is 36.2. The Labute approximate surface area is 156 Å². The number of alkyl halides is 2. The Balaban J connectivity index is 1.77. The number of nitrogens with zero attached hydrogens (tertiary/aromatic N) is 5. The van der Waals surface area contributed by atoms with E-state index in [-0.39, 0.29) is 16.8 Å². The molecule has 0 amide bonds. The molecule has 0 N–H and O–H groups in total. The molecule has 0 aliphatic carbocycles. The summed E-state index contributed by atoms with van der Waals surface area (Å²) in [5, 5.41) is 8.41. The first-order valence-corrected chi connectivity index (χ1v) is 7.99. The third kappa shape index (κ3) is 4.36. The lowest BCUT2D eigenvalue weighted by molar-refractivity contribution is -0.0497. The zero-order valence-corrected chi connectivity index (χ0v) is 14.7. The van der Waals surface area contributed by atoms with Crippen LogP contribution in [0.2, 0.25) is 10.0 Å². The van der Waals surface area contributed by atoms with Crippen molar-refractivity contribution in [2.24, 2.45) is 0 Å². The van der Waals surface area contributed by atoms with Crippen molar-refractivity contribution in [3.8, 4) is 17.4 Å². The van der Waals surface area contributed by atoms with Crippen LogP contribution < -0.4 is 9.47 Å². The van der Waals surface area contributed by atoms with Crippen LogP contribution in [-0.4, -0.2) is 31.6 Å². The number of hydrogen-bond acceptors (Lipinski definition) is 6. The van der Waals surface area contributed by atoms with E-state index in [4.69, 9.17) is 27.9 Å². The highest BCUT2D eigenvalue weighted by molar-refractivity contribution is 6.32. The number of halogens is 4. The van der Waals surface area contributed by atoms with Crippen LogP contribution >= 0.6 is 23.2 Å². The van der Waals surface area contributed by atoms with E-state index in [1.807, 2.05) is 0 Å². The first-order valence-electron chi connectivity index (χ1n) is 7.23. The summed E-state index contributed by atoms with van der Waals surface area (Å²) in [6, 6.07) is 4.49. The molecule has 11 heteroatoms. The van der Waals surface area contributed by atoms with Gasteiger partial charge in [-0.15, -0.1) is 5.10 Å². The second-order valence-electron chi connectivity index (χ2n) is 5.03. The van der Waals surface area contributed by atoms with Crippen molar-refractivity contribution in [3.63, 3.8) is 0 Å². The average Bonchev–Trinajstić information content (AvgIpc) is 3.09. The van der Waals surface area contributed by atoms with Crippen LogP contribution in [0.1, 0.15) is 18.7 Å². The zero-order valence-electron chi connectivity index (χ0n) is 13.2. The molecule has 1 unspecified atom stereocenters. The van der Waals surface area contributed by atoms with Crippen LogP contribution in [0.25, 0.3) is 5.69 Å². The van der Waals surface area contributed by atoms with E-state index in [0.29, 0.717) is 16.4 Å². The predicted octanol–water partition coefficient (Wildman–Crippen LogP) is 4.11. The Hall–Kier alpha value is -2.52. The van der Waals surface area contributed by atoms with Gasteiger partial charge in [-0.2, -0.15) is 8.78 Å². The molecule has 0 aliphatic rings. The minimum atomic E-state index is -2.98. The van der Waals surface area contributed by atoms with Gasteiger partial charge in [-0.3, -0.25) is 0 Å². The van der Waals surface area contributed by atoms with Gasteiger partial charge in [0.25, 0.3) is 0 Å². The number of rotatable bonds is 6. The minimum absolute atomic E-state index is 0.0611. The second-order valence-corrected chi connectivity index (χ2v) is 5.87. The summed E-state index contributed by atoms with van der Waals surface area (Å²) in [6.07, 6.45) is 3.89. The average molecular weight is 402 g/mol. The van der Waals surface area contributed by atoms with Crippen molar-refractivity contribution in [2.45, 2.75) is 19.6 Å². The van der Waals surface area contributed by atoms with Gasteiger partial charge in [0.15, 0.2) is 0 Å². The lowest BCUT2D eigenvalue weighted by atomic mass is 10.3. The monoisotopic (exact) mass is 401 g/mol. The molecule has 0 saturated carbocycles.